The Bertz CT molecular complexity index is 584. The molecule has 1 aromatic carbocycles. The smallest absolute Gasteiger partial charge is 0.0458 e. The van der Waals surface area contributed by atoms with Gasteiger partial charge in [-0.2, -0.15) is 0 Å². The molecule has 1 aliphatic rings. The van der Waals surface area contributed by atoms with Crippen LogP contribution in [0.1, 0.15) is 49.8 Å². The van der Waals surface area contributed by atoms with Crippen molar-refractivity contribution >= 4 is 10.9 Å². The maximum absolute atomic E-state index is 6.20. The quantitative estimate of drug-likeness (QED) is 0.855. The number of H-pyrrole nitrogens is 1. The molecule has 1 fully saturated rings. The molecule has 1 saturated carbocycles. The lowest BCUT2D eigenvalue weighted by Gasteiger charge is -2.35. The zero-order valence-electron chi connectivity index (χ0n) is 12.7. The van der Waals surface area contributed by atoms with Crippen molar-refractivity contribution in [1.82, 2.24) is 4.98 Å². The van der Waals surface area contributed by atoms with E-state index in [4.69, 9.17) is 5.73 Å². The molecule has 20 heavy (non-hydrogen) atoms. The fraction of sp³-hybridized carbons (Fsp3) is 0.556. The lowest BCUT2D eigenvalue weighted by molar-refractivity contribution is 0.219. The highest BCUT2D eigenvalue weighted by atomic mass is 14.7. The van der Waals surface area contributed by atoms with E-state index >= 15 is 0 Å². The normalized spacial score (nSPS) is 24.9. The molecule has 0 saturated heterocycles. The summed E-state index contributed by atoms with van der Waals surface area (Å²) in [7, 11) is 0. The minimum absolute atomic E-state index is 0.501. The van der Waals surface area contributed by atoms with Crippen LogP contribution in [-0.2, 0) is 0 Å². The molecule has 3 N–H and O–H groups in total. The molecule has 2 aromatic rings. The maximum Gasteiger partial charge on any atom is 0.0458 e. The van der Waals surface area contributed by atoms with Crippen molar-refractivity contribution in [2.24, 2.45) is 17.6 Å². The van der Waals surface area contributed by atoms with Crippen molar-refractivity contribution in [2.45, 2.75) is 45.4 Å². The Balaban J connectivity index is 2.04. The van der Waals surface area contributed by atoms with Gasteiger partial charge in [0.2, 0.25) is 0 Å². The van der Waals surface area contributed by atoms with Gasteiger partial charge in [-0.25, -0.2) is 0 Å². The van der Waals surface area contributed by atoms with E-state index < -0.39 is 0 Å². The molecular weight excluding hydrogens is 244 g/mol. The van der Waals surface area contributed by atoms with E-state index in [0.717, 1.165) is 18.4 Å². The summed E-state index contributed by atoms with van der Waals surface area (Å²) in [6.07, 6.45) is 5.46. The molecule has 0 bridgehead atoms. The Hall–Kier alpha value is -1.28. The monoisotopic (exact) mass is 270 g/mol. The summed E-state index contributed by atoms with van der Waals surface area (Å²) in [4.78, 5) is 3.54. The maximum atomic E-state index is 6.20. The van der Waals surface area contributed by atoms with E-state index in [1.807, 2.05) is 0 Å². The third kappa shape index (κ3) is 2.26. The van der Waals surface area contributed by atoms with Gasteiger partial charge < -0.3 is 10.7 Å². The Labute approximate surface area is 121 Å². The molecule has 2 nitrogen and oxygen atoms in total. The van der Waals surface area contributed by atoms with Crippen LogP contribution in [0.15, 0.2) is 24.3 Å². The van der Waals surface area contributed by atoms with Gasteiger partial charge in [-0.1, -0.05) is 44.4 Å². The number of benzene rings is 1. The predicted octanol–water partition coefficient (Wildman–Crippen LogP) is 4.34. The van der Waals surface area contributed by atoms with E-state index in [1.165, 1.54) is 47.8 Å². The molecule has 2 heteroatoms. The van der Waals surface area contributed by atoms with Crippen LogP contribution in [0.25, 0.3) is 10.9 Å². The fourth-order valence-corrected chi connectivity index (χ4v) is 4.23. The standard InChI is InChI=1S/C18H26N2/c1-12-7-3-4-8-14(12)16(11-19)18-13(2)20-17-10-6-5-9-15(17)18/h5-6,9-10,12,14,16,20H,3-4,7-8,11,19H2,1-2H3. The van der Waals surface area contributed by atoms with Crippen LogP contribution < -0.4 is 5.73 Å². The molecule has 3 unspecified atom stereocenters. The SMILES string of the molecule is Cc1[nH]c2ccccc2c1C(CN)C1CCCCC1C. The van der Waals surface area contributed by atoms with Crippen LogP contribution in [0.4, 0.5) is 0 Å². The third-order valence-electron chi connectivity index (χ3n) is 5.26. The first-order chi connectivity index (χ1) is 9.72. The molecule has 3 atom stereocenters. The van der Waals surface area contributed by atoms with Crippen LogP contribution in [0.3, 0.4) is 0 Å². The zero-order valence-corrected chi connectivity index (χ0v) is 12.7. The summed E-state index contributed by atoms with van der Waals surface area (Å²) < 4.78 is 0. The highest BCUT2D eigenvalue weighted by molar-refractivity contribution is 5.85. The molecule has 1 aromatic heterocycles. The number of aromatic nitrogens is 1. The lowest BCUT2D eigenvalue weighted by Crippen LogP contribution is -2.29. The molecule has 0 amide bonds. The first-order valence-corrected chi connectivity index (χ1v) is 7.99. The Morgan fingerprint density at radius 3 is 2.75 bits per heavy atom. The van der Waals surface area contributed by atoms with Crippen LogP contribution in [-0.4, -0.2) is 11.5 Å². The Kier molecular flexibility index (Phi) is 3.84. The molecule has 3 rings (SSSR count). The van der Waals surface area contributed by atoms with E-state index in [1.54, 1.807) is 0 Å². The van der Waals surface area contributed by atoms with Gasteiger partial charge >= 0.3 is 0 Å². The summed E-state index contributed by atoms with van der Waals surface area (Å²) in [5, 5.41) is 1.37. The number of hydrogen-bond acceptors (Lipinski definition) is 1. The average molecular weight is 270 g/mol. The largest absolute Gasteiger partial charge is 0.358 e. The highest BCUT2D eigenvalue weighted by Gasteiger charge is 2.31. The minimum Gasteiger partial charge on any atom is -0.358 e. The number of aromatic amines is 1. The van der Waals surface area contributed by atoms with Crippen LogP contribution >= 0.6 is 0 Å². The number of para-hydroxylation sites is 1. The second kappa shape index (κ2) is 5.61. The number of nitrogens with one attached hydrogen (secondary N) is 1. The van der Waals surface area contributed by atoms with Crippen molar-refractivity contribution in [3.05, 3.63) is 35.5 Å². The van der Waals surface area contributed by atoms with E-state index in [9.17, 15) is 0 Å². The second-order valence-electron chi connectivity index (χ2n) is 6.48. The van der Waals surface area contributed by atoms with Crippen molar-refractivity contribution in [1.29, 1.82) is 0 Å². The predicted molar refractivity (Wildman–Crippen MR) is 86.0 cm³/mol. The van der Waals surface area contributed by atoms with Crippen LogP contribution in [0.5, 0.6) is 0 Å². The third-order valence-corrected chi connectivity index (χ3v) is 5.26. The molecule has 0 aliphatic heterocycles. The summed E-state index contributed by atoms with van der Waals surface area (Å²) in [5.41, 5.74) is 10.2. The molecule has 0 radical (unpaired) electrons. The number of nitrogens with two attached hydrogens (primary N) is 1. The number of fused-ring (bicyclic) bond motifs is 1. The van der Waals surface area contributed by atoms with Crippen molar-refractivity contribution < 1.29 is 0 Å². The number of rotatable bonds is 3. The van der Waals surface area contributed by atoms with Gasteiger partial charge in [0.15, 0.2) is 0 Å². The molecule has 1 aliphatic carbocycles. The van der Waals surface area contributed by atoms with Gasteiger partial charge in [-0.05, 0) is 43.4 Å². The lowest BCUT2D eigenvalue weighted by atomic mass is 9.70. The topological polar surface area (TPSA) is 41.8 Å². The number of aryl methyl sites for hydroxylation is 1. The van der Waals surface area contributed by atoms with Crippen LogP contribution in [0.2, 0.25) is 0 Å². The van der Waals surface area contributed by atoms with Crippen molar-refractivity contribution in [3.63, 3.8) is 0 Å². The summed E-state index contributed by atoms with van der Waals surface area (Å²) in [6.45, 7) is 5.37. The Morgan fingerprint density at radius 1 is 1.25 bits per heavy atom. The summed E-state index contributed by atoms with van der Waals surface area (Å²) >= 11 is 0. The van der Waals surface area contributed by atoms with Crippen molar-refractivity contribution in [3.8, 4) is 0 Å². The van der Waals surface area contributed by atoms with Crippen molar-refractivity contribution in [2.75, 3.05) is 6.54 Å². The molecule has 1 heterocycles. The van der Waals surface area contributed by atoms with E-state index in [-0.39, 0.29) is 0 Å². The minimum atomic E-state index is 0.501. The highest BCUT2D eigenvalue weighted by Crippen LogP contribution is 2.42. The van der Waals surface area contributed by atoms with Gasteiger partial charge in [-0.3, -0.25) is 0 Å². The van der Waals surface area contributed by atoms with E-state index in [0.29, 0.717) is 5.92 Å². The van der Waals surface area contributed by atoms with Gasteiger partial charge in [0.1, 0.15) is 0 Å². The van der Waals surface area contributed by atoms with Gasteiger partial charge in [0, 0.05) is 22.5 Å². The molecular formula is C18H26N2. The molecule has 0 spiro atoms. The van der Waals surface area contributed by atoms with Gasteiger partial charge in [0.25, 0.3) is 0 Å². The van der Waals surface area contributed by atoms with E-state index in [2.05, 4.69) is 43.1 Å². The van der Waals surface area contributed by atoms with Crippen LogP contribution in [0, 0.1) is 18.8 Å². The fourth-order valence-electron chi connectivity index (χ4n) is 4.23. The summed E-state index contributed by atoms with van der Waals surface area (Å²) in [6, 6.07) is 8.65. The average Bonchev–Trinajstić information content (AvgIpc) is 2.78. The van der Waals surface area contributed by atoms with Gasteiger partial charge in [0.05, 0.1) is 0 Å². The summed E-state index contributed by atoms with van der Waals surface area (Å²) in [5.74, 6) is 2.04. The number of hydrogen-bond donors (Lipinski definition) is 2. The Morgan fingerprint density at radius 2 is 2.00 bits per heavy atom. The van der Waals surface area contributed by atoms with Gasteiger partial charge in [-0.15, -0.1) is 0 Å². The zero-order chi connectivity index (χ0) is 14.1. The molecule has 108 valence electrons. The second-order valence-corrected chi connectivity index (χ2v) is 6.48. The first kappa shape index (κ1) is 13.7. The first-order valence-electron chi connectivity index (χ1n) is 7.99.